The summed E-state index contributed by atoms with van der Waals surface area (Å²) in [6.07, 6.45) is 2.14. The summed E-state index contributed by atoms with van der Waals surface area (Å²) >= 11 is 8.63. The molecule has 2 aliphatic rings. The van der Waals surface area contributed by atoms with E-state index in [0.29, 0.717) is 22.0 Å². The molecule has 1 saturated heterocycles. The van der Waals surface area contributed by atoms with E-state index in [2.05, 4.69) is 62.2 Å². The van der Waals surface area contributed by atoms with Crippen LogP contribution in [0.5, 0.6) is 0 Å². The minimum Gasteiger partial charge on any atom is -0.421 e. The Hall–Kier alpha value is -2.09. The van der Waals surface area contributed by atoms with Gasteiger partial charge in [-0.3, -0.25) is 4.79 Å². The molecule has 2 heterocycles. The Morgan fingerprint density at radius 1 is 1.06 bits per heavy atom. The van der Waals surface area contributed by atoms with Gasteiger partial charge in [-0.05, 0) is 74.4 Å². The van der Waals surface area contributed by atoms with E-state index >= 15 is 0 Å². The van der Waals surface area contributed by atoms with Gasteiger partial charge < -0.3 is 9.32 Å². The van der Waals surface area contributed by atoms with Crippen molar-refractivity contribution in [3.05, 3.63) is 90.2 Å². The molecule has 0 unspecified atom stereocenters. The van der Waals surface area contributed by atoms with E-state index in [0.717, 1.165) is 28.6 Å². The normalized spacial score (nSPS) is 17.6. The molecule has 6 rings (SSSR count). The third kappa shape index (κ3) is 3.17. The van der Waals surface area contributed by atoms with Crippen LogP contribution in [0.3, 0.4) is 0 Å². The molecule has 0 spiro atoms. The predicted molar refractivity (Wildman–Crippen MR) is 135 cm³/mol. The number of carbonyl (C=O) groups excluding carboxylic acids is 1. The zero-order valence-corrected chi connectivity index (χ0v) is 20.8. The molecule has 7 heteroatoms. The van der Waals surface area contributed by atoms with Crippen molar-refractivity contribution in [3.63, 3.8) is 0 Å². The largest absolute Gasteiger partial charge is 0.421 e. The highest BCUT2D eigenvalue weighted by atomic mass is 79.9. The molecule has 1 aliphatic carbocycles. The van der Waals surface area contributed by atoms with Gasteiger partial charge in [0.1, 0.15) is 10.9 Å². The van der Waals surface area contributed by atoms with Gasteiger partial charge in [-0.25, -0.2) is 4.79 Å². The summed E-state index contributed by atoms with van der Waals surface area (Å²) in [5, 5.41) is 3.12. The number of hydrogen-bond acceptors (Lipinski definition) is 4. The van der Waals surface area contributed by atoms with Crippen molar-refractivity contribution in [2.24, 2.45) is 0 Å². The molecule has 4 nitrogen and oxygen atoms in total. The SMILES string of the molecule is O=C(c1cc2cc(Br)cc(Br)c2oc1=O)N1CCS[C@@H]1c1ccc2c3c(cccc13)CC2. The van der Waals surface area contributed by atoms with E-state index in [1.165, 1.54) is 21.9 Å². The number of benzene rings is 3. The van der Waals surface area contributed by atoms with Crippen molar-refractivity contribution < 1.29 is 9.21 Å². The van der Waals surface area contributed by atoms with Crippen LogP contribution in [0.2, 0.25) is 0 Å². The second kappa shape index (κ2) is 7.75. The number of nitrogens with zero attached hydrogens (tertiary/aromatic N) is 1. The van der Waals surface area contributed by atoms with E-state index in [1.807, 2.05) is 17.0 Å². The van der Waals surface area contributed by atoms with Gasteiger partial charge in [0.15, 0.2) is 5.58 Å². The van der Waals surface area contributed by atoms with Crippen LogP contribution in [0.25, 0.3) is 21.7 Å². The van der Waals surface area contributed by atoms with Gasteiger partial charge in [-0.2, -0.15) is 0 Å². The Labute approximate surface area is 205 Å². The molecule has 1 atom stereocenters. The molecule has 0 N–H and O–H groups in total. The monoisotopic (exact) mass is 569 g/mol. The first-order valence-electron chi connectivity index (χ1n) is 10.4. The van der Waals surface area contributed by atoms with Crippen LogP contribution in [0.4, 0.5) is 0 Å². The van der Waals surface area contributed by atoms with Crippen molar-refractivity contribution in [1.29, 1.82) is 0 Å². The number of halogens is 2. The summed E-state index contributed by atoms with van der Waals surface area (Å²) in [7, 11) is 0. The molecular formula is C25H17Br2NO3S. The highest BCUT2D eigenvalue weighted by Gasteiger charge is 2.34. The summed E-state index contributed by atoms with van der Waals surface area (Å²) in [5.41, 5.74) is 3.80. The van der Waals surface area contributed by atoms with E-state index in [4.69, 9.17) is 4.42 Å². The number of carbonyl (C=O) groups is 1. The average Bonchev–Trinajstić information content (AvgIpc) is 3.42. The van der Waals surface area contributed by atoms with E-state index in [1.54, 1.807) is 17.8 Å². The van der Waals surface area contributed by atoms with Gasteiger partial charge in [0.2, 0.25) is 0 Å². The Balaban J connectivity index is 1.45. The van der Waals surface area contributed by atoms with Crippen LogP contribution in [-0.2, 0) is 12.8 Å². The third-order valence-electron chi connectivity index (χ3n) is 6.31. The molecule has 0 radical (unpaired) electrons. The third-order valence-corrected chi connectivity index (χ3v) is 8.60. The highest BCUT2D eigenvalue weighted by Crippen LogP contribution is 2.44. The summed E-state index contributed by atoms with van der Waals surface area (Å²) in [6.45, 7) is 0.594. The molecule has 160 valence electrons. The summed E-state index contributed by atoms with van der Waals surface area (Å²) in [6, 6.07) is 16.1. The predicted octanol–water partition coefficient (Wildman–Crippen LogP) is 6.46. The van der Waals surface area contributed by atoms with Gasteiger partial charge >= 0.3 is 5.63 Å². The lowest BCUT2D eigenvalue weighted by molar-refractivity contribution is 0.0757. The quantitative estimate of drug-likeness (QED) is 0.260. The highest BCUT2D eigenvalue weighted by molar-refractivity contribution is 9.11. The molecule has 1 amide bonds. The van der Waals surface area contributed by atoms with Gasteiger partial charge in [0.25, 0.3) is 5.91 Å². The smallest absolute Gasteiger partial charge is 0.349 e. The minimum absolute atomic E-state index is 0.0703. The molecule has 32 heavy (non-hydrogen) atoms. The van der Waals surface area contributed by atoms with E-state index in [9.17, 15) is 9.59 Å². The number of rotatable bonds is 2. The molecule has 1 aromatic heterocycles. The lowest BCUT2D eigenvalue weighted by atomic mass is 9.99. The van der Waals surface area contributed by atoms with Crippen molar-refractivity contribution in [1.82, 2.24) is 4.90 Å². The fraction of sp³-hybridized carbons (Fsp3) is 0.200. The first kappa shape index (κ1) is 20.5. The van der Waals surface area contributed by atoms with Crippen LogP contribution in [-0.4, -0.2) is 23.1 Å². The molecule has 3 aromatic carbocycles. The Morgan fingerprint density at radius 3 is 2.72 bits per heavy atom. The zero-order valence-electron chi connectivity index (χ0n) is 16.9. The van der Waals surface area contributed by atoms with E-state index in [-0.39, 0.29) is 16.8 Å². The summed E-state index contributed by atoms with van der Waals surface area (Å²) in [5.74, 6) is 0.546. The second-order valence-corrected chi connectivity index (χ2v) is 11.1. The molecule has 0 saturated carbocycles. The first-order chi connectivity index (χ1) is 15.5. The Bertz CT molecular complexity index is 1490. The van der Waals surface area contributed by atoms with Crippen LogP contribution in [0, 0.1) is 0 Å². The summed E-state index contributed by atoms with van der Waals surface area (Å²) < 4.78 is 7.04. The average molecular weight is 571 g/mol. The maximum absolute atomic E-state index is 13.6. The standard InChI is InChI=1S/C25H17Br2NO3S/c26-16-10-15-11-19(25(30)31-22(15)20(27)12-16)23(29)28-8-9-32-24(28)18-7-6-14-5-4-13-2-1-3-17(18)21(13)14/h1-3,6-7,10-12,24H,4-5,8-9H2/t24-/m1/s1. The van der Waals surface area contributed by atoms with Crippen molar-refractivity contribution >= 4 is 71.3 Å². The van der Waals surface area contributed by atoms with Crippen molar-refractivity contribution in [3.8, 4) is 0 Å². The van der Waals surface area contributed by atoms with E-state index < -0.39 is 5.63 Å². The zero-order chi connectivity index (χ0) is 22.0. The first-order valence-corrected chi connectivity index (χ1v) is 13.0. The molecular weight excluding hydrogens is 554 g/mol. The van der Waals surface area contributed by atoms with Crippen LogP contribution in [0.15, 0.2) is 66.7 Å². The Kier molecular flexibility index (Phi) is 4.97. The number of thioether (sulfide) groups is 1. The topological polar surface area (TPSA) is 50.5 Å². The molecule has 4 aromatic rings. The fourth-order valence-electron chi connectivity index (χ4n) is 4.88. The van der Waals surface area contributed by atoms with Crippen LogP contribution in [0.1, 0.15) is 32.4 Å². The summed E-state index contributed by atoms with van der Waals surface area (Å²) in [4.78, 5) is 28.2. The Morgan fingerprint density at radius 2 is 1.88 bits per heavy atom. The number of hydrogen-bond donors (Lipinski definition) is 0. The lowest BCUT2D eigenvalue weighted by Crippen LogP contribution is -2.33. The number of fused-ring (bicyclic) bond motifs is 1. The van der Waals surface area contributed by atoms with Gasteiger partial charge in [0, 0.05) is 22.2 Å². The maximum Gasteiger partial charge on any atom is 0.349 e. The molecule has 1 aliphatic heterocycles. The second-order valence-electron chi connectivity index (χ2n) is 8.13. The maximum atomic E-state index is 13.6. The lowest BCUT2D eigenvalue weighted by Gasteiger charge is -2.25. The van der Waals surface area contributed by atoms with Crippen molar-refractivity contribution in [2.75, 3.05) is 12.3 Å². The fourth-order valence-corrected chi connectivity index (χ4v) is 7.51. The van der Waals surface area contributed by atoms with Crippen LogP contribution < -0.4 is 5.63 Å². The minimum atomic E-state index is -0.610. The van der Waals surface area contributed by atoms with Gasteiger partial charge in [-0.1, -0.05) is 46.3 Å². The van der Waals surface area contributed by atoms with Crippen LogP contribution >= 0.6 is 43.6 Å². The molecule has 0 bridgehead atoms. The molecule has 1 fully saturated rings. The van der Waals surface area contributed by atoms with Gasteiger partial charge in [0.05, 0.1) is 4.47 Å². The number of aryl methyl sites for hydroxylation is 2. The number of amides is 1. The van der Waals surface area contributed by atoms with Gasteiger partial charge in [-0.15, -0.1) is 11.8 Å². The van der Waals surface area contributed by atoms with Crippen molar-refractivity contribution in [2.45, 2.75) is 18.2 Å².